The van der Waals surface area contributed by atoms with Crippen LogP contribution < -0.4 is 4.74 Å². The van der Waals surface area contributed by atoms with E-state index in [4.69, 9.17) is 27.9 Å². The third-order valence-electron chi connectivity index (χ3n) is 2.72. The molecule has 0 saturated carbocycles. The molecule has 2 rings (SSSR count). The molecule has 2 aromatic carbocycles. The summed E-state index contributed by atoms with van der Waals surface area (Å²) in [5.74, 6) is -0.537. The molecule has 0 bridgehead atoms. The van der Waals surface area contributed by atoms with Crippen LogP contribution in [0.5, 0.6) is 5.75 Å². The van der Waals surface area contributed by atoms with Crippen LogP contribution in [0.3, 0.4) is 0 Å². The van der Waals surface area contributed by atoms with Gasteiger partial charge in [0.15, 0.2) is 6.10 Å². The topological polar surface area (TPSA) is 46.5 Å². The molecule has 0 aromatic heterocycles. The highest BCUT2D eigenvalue weighted by atomic mass is 35.5. The van der Waals surface area contributed by atoms with E-state index in [1.165, 1.54) is 0 Å². The van der Waals surface area contributed by atoms with Crippen molar-refractivity contribution >= 4 is 29.2 Å². The molecule has 1 atom stereocenters. The molecule has 0 aliphatic heterocycles. The monoisotopic (exact) mass is 310 g/mol. The Labute approximate surface area is 126 Å². The molecular formula is C15H12Cl2O3. The predicted octanol–water partition coefficient (Wildman–Crippen LogP) is 4.07. The van der Waals surface area contributed by atoms with Gasteiger partial charge in [-0.3, -0.25) is 0 Å². The molecule has 0 aliphatic rings. The van der Waals surface area contributed by atoms with Crippen molar-refractivity contribution in [3.63, 3.8) is 0 Å². The first-order valence-electron chi connectivity index (χ1n) is 5.94. The molecular weight excluding hydrogens is 299 g/mol. The van der Waals surface area contributed by atoms with Gasteiger partial charge in [-0.2, -0.15) is 0 Å². The zero-order chi connectivity index (χ0) is 14.5. The lowest BCUT2D eigenvalue weighted by Crippen LogP contribution is -2.29. The maximum atomic E-state index is 11.3. The highest BCUT2D eigenvalue weighted by molar-refractivity contribution is 6.35. The van der Waals surface area contributed by atoms with E-state index >= 15 is 0 Å². The molecule has 0 spiro atoms. The highest BCUT2D eigenvalue weighted by Crippen LogP contribution is 2.23. The summed E-state index contributed by atoms with van der Waals surface area (Å²) in [6.45, 7) is 0. The summed E-state index contributed by atoms with van der Waals surface area (Å²) in [6.07, 6.45) is -0.837. The Morgan fingerprint density at radius 1 is 1.15 bits per heavy atom. The number of carbonyl (C=O) groups is 1. The normalized spacial score (nSPS) is 11.9. The molecule has 3 nitrogen and oxygen atoms in total. The number of hydrogen-bond donors (Lipinski definition) is 1. The van der Waals surface area contributed by atoms with Gasteiger partial charge in [0, 0.05) is 16.5 Å². The van der Waals surface area contributed by atoms with Gasteiger partial charge in [-0.25, -0.2) is 4.79 Å². The molecule has 0 heterocycles. The molecule has 20 heavy (non-hydrogen) atoms. The van der Waals surface area contributed by atoms with Gasteiger partial charge in [-0.15, -0.1) is 0 Å². The van der Waals surface area contributed by atoms with Gasteiger partial charge in [0.2, 0.25) is 0 Å². The quantitative estimate of drug-likeness (QED) is 0.905. The number of carboxylic acid groups (broad SMARTS) is 1. The summed E-state index contributed by atoms with van der Waals surface area (Å²) in [5, 5.41) is 10.2. The zero-order valence-corrected chi connectivity index (χ0v) is 11.9. The van der Waals surface area contributed by atoms with E-state index in [-0.39, 0.29) is 6.42 Å². The predicted molar refractivity (Wildman–Crippen MR) is 78.7 cm³/mol. The lowest BCUT2D eigenvalue weighted by Gasteiger charge is -2.16. The number of ether oxygens (including phenoxy) is 1. The van der Waals surface area contributed by atoms with Crippen molar-refractivity contribution in [2.45, 2.75) is 12.5 Å². The third kappa shape index (κ3) is 3.89. The lowest BCUT2D eigenvalue weighted by atomic mass is 10.1. The second-order valence-corrected chi connectivity index (χ2v) is 5.04. The molecule has 0 saturated heterocycles. The van der Waals surface area contributed by atoms with Crippen LogP contribution >= 0.6 is 23.2 Å². The van der Waals surface area contributed by atoms with Crippen molar-refractivity contribution in [1.29, 1.82) is 0 Å². The van der Waals surface area contributed by atoms with Crippen molar-refractivity contribution in [2.75, 3.05) is 0 Å². The summed E-state index contributed by atoms with van der Waals surface area (Å²) in [6, 6.07) is 13.8. The Morgan fingerprint density at radius 3 is 2.45 bits per heavy atom. The standard InChI is InChI=1S/C15H12Cl2O3/c16-11-7-6-10(13(17)9-11)8-14(15(18)19)20-12-4-2-1-3-5-12/h1-7,9,14H,8H2,(H,18,19). The van der Waals surface area contributed by atoms with E-state index in [9.17, 15) is 9.90 Å². The first-order valence-corrected chi connectivity index (χ1v) is 6.70. The summed E-state index contributed by atoms with van der Waals surface area (Å²) in [4.78, 5) is 11.3. The molecule has 0 fully saturated rings. The fourth-order valence-corrected chi connectivity index (χ4v) is 2.22. The largest absolute Gasteiger partial charge is 0.478 e. The van der Waals surface area contributed by atoms with Crippen molar-refractivity contribution in [2.24, 2.45) is 0 Å². The fourth-order valence-electron chi connectivity index (χ4n) is 1.73. The Morgan fingerprint density at radius 2 is 1.85 bits per heavy atom. The molecule has 5 heteroatoms. The zero-order valence-electron chi connectivity index (χ0n) is 10.4. The number of benzene rings is 2. The van der Waals surface area contributed by atoms with Gasteiger partial charge in [-0.1, -0.05) is 47.5 Å². The van der Waals surface area contributed by atoms with Crippen LogP contribution in [0.4, 0.5) is 0 Å². The number of hydrogen-bond acceptors (Lipinski definition) is 2. The number of aliphatic carboxylic acids is 1. The first kappa shape index (κ1) is 14.7. The van der Waals surface area contributed by atoms with Gasteiger partial charge in [-0.05, 0) is 29.8 Å². The smallest absolute Gasteiger partial charge is 0.345 e. The third-order valence-corrected chi connectivity index (χ3v) is 3.30. The van der Waals surface area contributed by atoms with Crippen LogP contribution in [0, 0.1) is 0 Å². The second kappa shape index (κ2) is 6.64. The average molecular weight is 311 g/mol. The number of rotatable bonds is 5. The van der Waals surface area contributed by atoms with Crippen LogP contribution in [0.15, 0.2) is 48.5 Å². The van der Waals surface area contributed by atoms with E-state index in [1.54, 1.807) is 42.5 Å². The van der Waals surface area contributed by atoms with Crippen LogP contribution in [0.2, 0.25) is 10.0 Å². The van der Waals surface area contributed by atoms with E-state index in [0.717, 1.165) is 0 Å². The maximum Gasteiger partial charge on any atom is 0.345 e. The molecule has 2 aromatic rings. The highest BCUT2D eigenvalue weighted by Gasteiger charge is 2.21. The Kier molecular flexibility index (Phi) is 4.88. The SMILES string of the molecule is O=C(O)C(Cc1ccc(Cl)cc1Cl)Oc1ccccc1. The summed E-state index contributed by atoms with van der Waals surface area (Å²) >= 11 is 11.9. The Hall–Kier alpha value is -1.71. The molecule has 1 N–H and O–H groups in total. The Balaban J connectivity index is 2.15. The average Bonchev–Trinajstić information content (AvgIpc) is 2.42. The molecule has 0 amide bonds. The molecule has 1 unspecified atom stereocenters. The van der Waals surface area contributed by atoms with Crippen LogP contribution in [-0.4, -0.2) is 17.2 Å². The maximum absolute atomic E-state index is 11.3. The van der Waals surface area contributed by atoms with E-state index in [1.807, 2.05) is 6.07 Å². The van der Waals surface area contributed by atoms with E-state index in [2.05, 4.69) is 0 Å². The van der Waals surface area contributed by atoms with Crippen molar-refractivity contribution in [3.8, 4) is 5.75 Å². The van der Waals surface area contributed by atoms with Gasteiger partial charge in [0.25, 0.3) is 0 Å². The first-order chi connectivity index (χ1) is 9.56. The number of para-hydroxylation sites is 1. The van der Waals surface area contributed by atoms with Gasteiger partial charge in [0.05, 0.1) is 0 Å². The lowest BCUT2D eigenvalue weighted by molar-refractivity contribution is -0.145. The van der Waals surface area contributed by atoms with Crippen LogP contribution in [0.25, 0.3) is 0 Å². The molecule has 0 radical (unpaired) electrons. The van der Waals surface area contributed by atoms with E-state index < -0.39 is 12.1 Å². The summed E-state index contributed by atoms with van der Waals surface area (Å²) < 4.78 is 5.47. The second-order valence-electron chi connectivity index (χ2n) is 4.20. The fraction of sp³-hybridized carbons (Fsp3) is 0.133. The minimum Gasteiger partial charge on any atom is -0.478 e. The number of carboxylic acids is 1. The molecule has 104 valence electrons. The molecule has 0 aliphatic carbocycles. The van der Waals surface area contributed by atoms with Crippen molar-refractivity contribution in [3.05, 3.63) is 64.1 Å². The van der Waals surface area contributed by atoms with Gasteiger partial charge >= 0.3 is 5.97 Å². The van der Waals surface area contributed by atoms with Crippen molar-refractivity contribution in [1.82, 2.24) is 0 Å². The van der Waals surface area contributed by atoms with Gasteiger partial charge < -0.3 is 9.84 Å². The minimum atomic E-state index is -1.04. The summed E-state index contributed by atoms with van der Waals surface area (Å²) in [7, 11) is 0. The van der Waals surface area contributed by atoms with Crippen LogP contribution in [-0.2, 0) is 11.2 Å². The minimum absolute atomic E-state index is 0.167. The Bertz CT molecular complexity index is 599. The van der Waals surface area contributed by atoms with E-state index in [0.29, 0.717) is 21.4 Å². The summed E-state index contributed by atoms with van der Waals surface area (Å²) in [5.41, 5.74) is 0.680. The van der Waals surface area contributed by atoms with Gasteiger partial charge in [0.1, 0.15) is 5.75 Å². The number of halogens is 2. The van der Waals surface area contributed by atoms with Crippen LogP contribution in [0.1, 0.15) is 5.56 Å². The van der Waals surface area contributed by atoms with Crippen molar-refractivity contribution < 1.29 is 14.6 Å².